The number of carbonyl (C=O) groups is 3. The van der Waals surface area contributed by atoms with E-state index in [4.69, 9.17) is 0 Å². The fourth-order valence-electron chi connectivity index (χ4n) is 9.64. The van der Waals surface area contributed by atoms with Gasteiger partial charge in [-0.05, 0) is 58.5 Å². The Bertz CT molecular complexity index is 3010. The predicted octanol–water partition coefficient (Wildman–Crippen LogP) is 10.4. The lowest BCUT2D eigenvalue weighted by atomic mass is 9.71. The number of hydrogen-bond donors (Lipinski definition) is 3. The molecule has 0 amide bonds. The fraction of sp³-hybridized carbons (Fsp3) is 0.185. The molecule has 2 aliphatic heterocycles. The molecule has 62 heavy (non-hydrogen) atoms. The second-order valence-electron chi connectivity index (χ2n) is 16.5. The summed E-state index contributed by atoms with van der Waals surface area (Å²) in [5.41, 5.74) is 9.12. The molecule has 0 aromatic heterocycles. The Balaban J connectivity index is 1.04. The number of fused-ring (bicyclic) bond motifs is 4. The van der Waals surface area contributed by atoms with Gasteiger partial charge in [0.15, 0.2) is 17.3 Å². The fourth-order valence-corrected chi connectivity index (χ4v) is 9.64. The van der Waals surface area contributed by atoms with E-state index in [0.717, 1.165) is 72.7 Å². The van der Waals surface area contributed by atoms with Crippen molar-refractivity contribution < 1.29 is 34.3 Å². The molecule has 0 radical (unpaired) electrons. The summed E-state index contributed by atoms with van der Waals surface area (Å²) < 4.78 is 2.20. The second-order valence-corrected chi connectivity index (χ2v) is 16.5. The summed E-state index contributed by atoms with van der Waals surface area (Å²) in [6.45, 7) is 5.83. The molecule has 4 aliphatic carbocycles. The molecule has 2 heterocycles. The third kappa shape index (κ3) is 6.04. The highest BCUT2D eigenvalue weighted by atomic mass is 16.3. The average Bonchev–Trinajstić information content (AvgIpc) is 3.83. The van der Waals surface area contributed by atoms with Crippen molar-refractivity contribution in [2.45, 2.75) is 52.4 Å². The molecule has 0 saturated carbocycles. The highest BCUT2D eigenvalue weighted by Gasteiger charge is 2.45. The summed E-state index contributed by atoms with van der Waals surface area (Å²) >= 11 is 0. The van der Waals surface area contributed by atoms with Crippen LogP contribution in [0.4, 0.5) is 11.4 Å². The first-order chi connectivity index (χ1) is 30.2. The summed E-state index contributed by atoms with van der Waals surface area (Å²) in [6.07, 6.45) is 12.0. The van der Waals surface area contributed by atoms with Crippen molar-refractivity contribution >= 4 is 57.7 Å². The van der Waals surface area contributed by atoms with Gasteiger partial charge in [0.05, 0.1) is 28.7 Å². The molecule has 10 rings (SSSR count). The molecule has 0 saturated heterocycles. The lowest BCUT2D eigenvalue weighted by molar-refractivity contribution is -0.437. The first-order valence-corrected chi connectivity index (χ1v) is 21.5. The van der Waals surface area contributed by atoms with Crippen LogP contribution in [0, 0.1) is 0 Å². The number of para-hydroxylation sites is 2. The van der Waals surface area contributed by atoms with Gasteiger partial charge in [-0.3, -0.25) is 14.4 Å². The SMILES string of the molecule is CCCCN1C(=CC2=C(O)C(C3=Cc4ccccc4C(=C4C(=O)C(C5=C(O)C(=CC6=[N+](CCCC)c7ccccc7C6)C5=O)=Cc5ccccc54)C3=O)=C2O)Cc2ccccc21. The molecular formula is C54H45N2O6+. The minimum absolute atomic E-state index is 0.00216. The first kappa shape index (κ1) is 38.9. The van der Waals surface area contributed by atoms with Crippen LogP contribution in [0.1, 0.15) is 72.9 Å². The van der Waals surface area contributed by atoms with Crippen molar-refractivity contribution in [2.24, 2.45) is 0 Å². The van der Waals surface area contributed by atoms with Gasteiger partial charge in [0.2, 0.25) is 11.5 Å². The number of benzene rings is 4. The molecule has 8 nitrogen and oxygen atoms in total. The molecule has 4 aromatic rings. The number of hydrogen-bond acceptors (Lipinski definition) is 7. The van der Waals surface area contributed by atoms with Gasteiger partial charge in [-0.25, -0.2) is 0 Å². The number of ketones is 3. The van der Waals surface area contributed by atoms with Gasteiger partial charge in [-0.1, -0.05) is 112 Å². The number of anilines is 1. The van der Waals surface area contributed by atoms with E-state index in [1.165, 1.54) is 0 Å². The zero-order valence-electron chi connectivity index (χ0n) is 34.7. The summed E-state index contributed by atoms with van der Waals surface area (Å²) in [4.78, 5) is 46.4. The standard InChI is InChI=1S/C54H44N2O6/c1-3-5-23-55-35(25-33-17-9-13-21-43(33)55)29-41-51(59)47(52(41)60)39-27-31-15-7-11-19-37(31)45(49(39)57)46-38-20-12-8-16-32(38)28-40(50(46)58)48-53(61)42(54(48)62)30-36-26-34-18-10-14-22-44(34)56(36)24-6-4-2/h7-22,27-30H,3-6,23-26H2,1-2H3,(H2,59,60,61,62)/p+1. The van der Waals surface area contributed by atoms with E-state index in [1.54, 1.807) is 48.6 Å². The quantitative estimate of drug-likeness (QED) is 0.108. The maximum absolute atomic E-state index is 15.0. The normalized spacial score (nSPS) is 20.4. The number of unbranched alkanes of at least 4 members (excludes halogenated alkanes) is 2. The Morgan fingerprint density at radius 1 is 0.597 bits per heavy atom. The Morgan fingerprint density at radius 2 is 1.19 bits per heavy atom. The van der Waals surface area contributed by atoms with Crippen LogP contribution in [0.2, 0.25) is 0 Å². The van der Waals surface area contributed by atoms with Gasteiger partial charge in [-0.2, -0.15) is 4.58 Å². The number of Topliss-reactive ketones (excluding diaryl/α,β-unsaturated/α-hetero) is 3. The van der Waals surface area contributed by atoms with Crippen LogP contribution in [0.5, 0.6) is 0 Å². The molecule has 8 heteroatoms. The Kier molecular flexibility index (Phi) is 9.59. The van der Waals surface area contributed by atoms with Crippen LogP contribution in [-0.2, 0) is 27.2 Å². The predicted molar refractivity (Wildman–Crippen MR) is 243 cm³/mol. The van der Waals surface area contributed by atoms with Crippen molar-refractivity contribution in [3.8, 4) is 0 Å². The molecule has 0 spiro atoms. The van der Waals surface area contributed by atoms with E-state index in [1.807, 2.05) is 48.5 Å². The lowest BCUT2D eigenvalue weighted by Gasteiger charge is -2.30. The number of aliphatic hydroxyl groups is 3. The van der Waals surface area contributed by atoms with Gasteiger partial charge in [-0.15, -0.1) is 0 Å². The van der Waals surface area contributed by atoms with Crippen molar-refractivity contribution in [2.75, 3.05) is 18.0 Å². The smallest absolute Gasteiger partial charge is 0.209 e. The number of aliphatic hydroxyl groups excluding tert-OH is 3. The number of nitrogens with zero attached hydrogens (tertiary/aromatic N) is 2. The topological polar surface area (TPSA) is 118 Å². The molecule has 0 atom stereocenters. The van der Waals surface area contributed by atoms with E-state index in [-0.39, 0.29) is 61.9 Å². The van der Waals surface area contributed by atoms with Gasteiger partial charge >= 0.3 is 0 Å². The largest absolute Gasteiger partial charge is 0.506 e. The molecule has 306 valence electrons. The molecule has 0 bridgehead atoms. The zero-order chi connectivity index (χ0) is 42.8. The number of allylic oxidation sites excluding steroid dienone is 9. The summed E-state index contributed by atoms with van der Waals surface area (Å²) in [5.74, 6) is -2.23. The Labute approximate surface area is 360 Å². The van der Waals surface area contributed by atoms with Gasteiger partial charge in [0.25, 0.3) is 0 Å². The Hall–Kier alpha value is -7.32. The molecule has 0 fully saturated rings. The van der Waals surface area contributed by atoms with Crippen LogP contribution in [0.25, 0.3) is 23.3 Å². The average molecular weight is 818 g/mol. The molecule has 4 aromatic carbocycles. The van der Waals surface area contributed by atoms with Crippen LogP contribution in [-0.4, -0.2) is 56.0 Å². The third-order valence-electron chi connectivity index (χ3n) is 12.8. The Morgan fingerprint density at radius 3 is 1.84 bits per heavy atom. The zero-order valence-corrected chi connectivity index (χ0v) is 34.7. The number of rotatable bonds is 10. The van der Waals surface area contributed by atoms with Crippen LogP contribution in [0.3, 0.4) is 0 Å². The van der Waals surface area contributed by atoms with Gasteiger partial charge in [0.1, 0.15) is 23.8 Å². The third-order valence-corrected chi connectivity index (χ3v) is 12.8. The summed E-state index contributed by atoms with van der Waals surface area (Å²) in [5, 5.41) is 35.0. The second kappa shape index (κ2) is 15.3. The minimum Gasteiger partial charge on any atom is -0.506 e. The maximum atomic E-state index is 15.0. The van der Waals surface area contributed by atoms with E-state index in [9.17, 15) is 20.1 Å². The van der Waals surface area contributed by atoms with E-state index < -0.39 is 17.3 Å². The maximum Gasteiger partial charge on any atom is 0.209 e. The lowest BCUT2D eigenvalue weighted by Crippen LogP contribution is -2.30. The molecule has 6 aliphatic rings. The van der Waals surface area contributed by atoms with Gasteiger partial charge < -0.3 is 20.2 Å². The first-order valence-electron chi connectivity index (χ1n) is 21.5. The van der Waals surface area contributed by atoms with Gasteiger partial charge in [0, 0.05) is 70.8 Å². The highest BCUT2D eigenvalue weighted by Crippen LogP contribution is 2.49. The van der Waals surface area contributed by atoms with E-state index in [0.29, 0.717) is 35.1 Å². The van der Waals surface area contributed by atoms with E-state index >= 15 is 9.59 Å². The summed E-state index contributed by atoms with van der Waals surface area (Å²) in [7, 11) is 0. The minimum atomic E-state index is -0.576. The molecule has 3 N–H and O–H groups in total. The molecule has 0 unspecified atom stereocenters. The van der Waals surface area contributed by atoms with Crippen molar-refractivity contribution in [1.29, 1.82) is 0 Å². The number of carbonyl (C=O) groups excluding carboxylic acids is 3. The van der Waals surface area contributed by atoms with Crippen LogP contribution < -0.4 is 4.90 Å². The van der Waals surface area contributed by atoms with Crippen molar-refractivity contribution in [3.05, 3.63) is 199 Å². The molecular weight excluding hydrogens is 773 g/mol. The monoisotopic (exact) mass is 817 g/mol. The van der Waals surface area contributed by atoms with Crippen molar-refractivity contribution in [1.82, 2.24) is 0 Å². The van der Waals surface area contributed by atoms with Crippen LogP contribution >= 0.6 is 0 Å². The summed E-state index contributed by atoms with van der Waals surface area (Å²) in [6, 6.07) is 30.7. The van der Waals surface area contributed by atoms with E-state index in [2.05, 4.69) is 47.6 Å². The highest BCUT2D eigenvalue weighted by molar-refractivity contribution is 6.52. The van der Waals surface area contributed by atoms with Crippen LogP contribution in [0.15, 0.2) is 166 Å². The van der Waals surface area contributed by atoms with Crippen molar-refractivity contribution in [3.63, 3.8) is 0 Å².